The number of carbonyl (C=O) groups is 1. The molecule has 2 aliphatic rings. The summed E-state index contributed by atoms with van der Waals surface area (Å²) >= 11 is 0. The number of likely N-dealkylation sites (tertiary alicyclic amines) is 1. The minimum atomic E-state index is -3.78. The summed E-state index contributed by atoms with van der Waals surface area (Å²) in [5.74, 6) is -1.10. The zero-order valence-corrected chi connectivity index (χ0v) is 17.0. The number of aryl methyl sites for hydroxylation is 1. The van der Waals surface area contributed by atoms with Gasteiger partial charge in [0.2, 0.25) is 5.91 Å². The van der Waals surface area contributed by atoms with Gasteiger partial charge in [-0.2, -0.15) is 0 Å². The largest absolute Gasteiger partial charge is 0.369 e. The average molecular weight is 415 g/mol. The van der Waals surface area contributed by atoms with Gasteiger partial charge in [-0.3, -0.25) is 9.69 Å². The molecule has 9 heteroatoms. The summed E-state index contributed by atoms with van der Waals surface area (Å²) in [4.78, 5) is 13.4. The van der Waals surface area contributed by atoms with Gasteiger partial charge in [0.25, 0.3) is 0 Å². The number of amides is 1. The van der Waals surface area contributed by atoms with Crippen LogP contribution in [-0.4, -0.2) is 63.5 Å². The normalized spacial score (nSPS) is 26.9. The van der Waals surface area contributed by atoms with E-state index < -0.39 is 31.0 Å². The molecule has 2 N–H and O–H groups in total. The summed E-state index contributed by atoms with van der Waals surface area (Å²) in [6.45, 7) is 2.95. The molecule has 0 saturated carbocycles. The van der Waals surface area contributed by atoms with Crippen LogP contribution in [0.5, 0.6) is 0 Å². The van der Waals surface area contributed by atoms with Crippen molar-refractivity contribution in [3.63, 3.8) is 0 Å². The molecule has 1 aromatic rings. The smallest absolute Gasteiger partial charge is 0.220 e. The SMILES string of the molecule is CCc1ccc(S(=O)(=O)[C@@H]2CS(=O)(=O)C[C@H]2N2CCC(C(N)=O)CC2)cc1. The molecule has 0 unspecified atom stereocenters. The van der Waals surface area contributed by atoms with Crippen LogP contribution in [0.3, 0.4) is 0 Å². The van der Waals surface area contributed by atoms with E-state index in [2.05, 4.69) is 0 Å². The second kappa shape index (κ2) is 7.52. The summed E-state index contributed by atoms with van der Waals surface area (Å²) in [5.41, 5.74) is 6.38. The molecule has 0 aromatic heterocycles. The van der Waals surface area contributed by atoms with E-state index in [0.717, 1.165) is 12.0 Å². The van der Waals surface area contributed by atoms with E-state index in [1.165, 1.54) is 0 Å². The van der Waals surface area contributed by atoms with Gasteiger partial charge in [0.05, 0.1) is 21.7 Å². The van der Waals surface area contributed by atoms with Gasteiger partial charge in [0.1, 0.15) is 0 Å². The lowest BCUT2D eigenvalue weighted by Crippen LogP contribution is -2.50. The quantitative estimate of drug-likeness (QED) is 0.745. The van der Waals surface area contributed by atoms with Crippen LogP contribution in [-0.2, 0) is 30.9 Å². The van der Waals surface area contributed by atoms with Crippen molar-refractivity contribution in [1.29, 1.82) is 0 Å². The van der Waals surface area contributed by atoms with Gasteiger partial charge in [0.15, 0.2) is 19.7 Å². The molecule has 0 bridgehead atoms. The van der Waals surface area contributed by atoms with E-state index in [4.69, 9.17) is 5.73 Å². The molecule has 0 radical (unpaired) electrons. The lowest BCUT2D eigenvalue weighted by Gasteiger charge is -2.36. The van der Waals surface area contributed by atoms with Crippen molar-refractivity contribution in [2.75, 3.05) is 24.6 Å². The molecule has 0 spiro atoms. The third-order valence-corrected chi connectivity index (χ3v) is 9.87. The molecule has 1 aromatic carbocycles. The summed E-state index contributed by atoms with van der Waals surface area (Å²) in [6, 6.07) is 6.08. The number of carbonyl (C=O) groups excluding carboxylic acids is 1. The first-order valence-corrected chi connectivity index (χ1v) is 12.6. The molecule has 2 fully saturated rings. The van der Waals surface area contributed by atoms with Crippen molar-refractivity contribution in [1.82, 2.24) is 4.90 Å². The Kier molecular flexibility index (Phi) is 5.65. The van der Waals surface area contributed by atoms with E-state index in [1.807, 2.05) is 11.8 Å². The minimum Gasteiger partial charge on any atom is -0.369 e. The molecule has 3 rings (SSSR count). The van der Waals surface area contributed by atoms with Crippen LogP contribution in [0.1, 0.15) is 25.3 Å². The molecule has 7 nitrogen and oxygen atoms in total. The van der Waals surface area contributed by atoms with Gasteiger partial charge in [-0.25, -0.2) is 16.8 Å². The van der Waals surface area contributed by atoms with Gasteiger partial charge >= 0.3 is 0 Å². The Morgan fingerprint density at radius 1 is 1.15 bits per heavy atom. The van der Waals surface area contributed by atoms with Crippen LogP contribution >= 0.6 is 0 Å². The predicted molar refractivity (Wildman–Crippen MR) is 103 cm³/mol. The van der Waals surface area contributed by atoms with Crippen LogP contribution in [0, 0.1) is 5.92 Å². The third kappa shape index (κ3) is 4.20. The average Bonchev–Trinajstić information content (AvgIpc) is 2.98. The van der Waals surface area contributed by atoms with Crippen LogP contribution in [0.15, 0.2) is 29.2 Å². The highest BCUT2D eigenvalue weighted by Gasteiger charge is 2.48. The Morgan fingerprint density at radius 2 is 1.74 bits per heavy atom. The molecular formula is C18H26N2O5S2. The lowest BCUT2D eigenvalue weighted by molar-refractivity contribution is -0.123. The molecule has 2 aliphatic heterocycles. The highest BCUT2D eigenvalue weighted by Crippen LogP contribution is 2.31. The van der Waals surface area contributed by atoms with Crippen LogP contribution in [0.2, 0.25) is 0 Å². The number of piperidine rings is 1. The molecular weight excluding hydrogens is 388 g/mol. The van der Waals surface area contributed by atoms with E-state index in [9.17, 15) is 21.6 Å². The zero-order valence-electron chi connectivity index (χ0n) is 15.4. The van der Waals surface area contributed by atoms with E-state index >= 15 is 0 Å². The monoisotopic (exact) mass is 414 g/mol. The number of benzene rings is 1. The number of rotatable bonds is 5. The summed E-state index contributed by atoms with van der Waals surface area (Å²) < 4.78 is 50.9. The summed E-state index contributed by atoms with van der Waals surface area (Å²) in [7, 11) is -7.22. The van der Waals surface area contributed by atoms with Gasteiger partial charge in [-0.15, -0.1) is 0 Å². The number of hydrogen-bond donors (Lipinski definition) is 1. The topological polar surface area (TPSA) is 115 Å². The van der Waals surface area contributed by atoms with Crippen LogP contribution < -0.4 is 5.73 Å². The highest BCUT2D eigenvalue weighted by atomic mass is 32.2. The summed E-state index contributed by atoms with van der Waals surface area (Å²) in [5, 5.41) is -0.986. The van der Waals surface area contributed by atoms with Crippen molar-refractivity contribution in [3.05, 3.63) is 29.8 Å². The fourth-order valence-corrected chi connectivity index (χ4v) is 8.87. The second-order valence-corrected chi connectivity index (χ2v) is 11.8. The van der Waals surface area contributed by atoms with Crippen molar-refractivity contribution < 1.29 is 21.6 Å². The minimum absolute atomic E-state index is 0.162. The first kappa shape index (κ1) is 20.3. The molecule has 2 saturated heterocycles. The molecule has 27 heavy (non-hydrogen) atoms. The van der Waals surface area contributed by atoms with Crippen molar-refractivity contribution >= 4 is 25.6 Å². The second-order valence-electron chi connectivity index (χ2n) is 7.44. The molecule has 1 amide bonds. The number of nitrogens with two attached hydrogens (primary N) is 1. The van der Waals surface area contributed by atoms with Crippen LogP contribution in [0.4, 0.5) is 0 Å². The van der Waals surface area contributed by atoms with E-state index in [-0.39, 0.29) is 28.2 Å². The van der Waals surface area contributed by atoms with Gasteiger partial charge < -0.3 is 5.73 Å². The van der Waals surface area contributed by atoms with Crippen molar-refractivity contribution in [3.8, 4) is 0 Å². The number of hydrogen-bond acceptors (Lipinski definition) is 6. The van der Waals surface area contributed by atoms with Crippen molar-refractivity contribution in [2.45, 2.75) is 42.4 Å². The lowest BCUT2D eigenvalue weighted by atomic mass is 9.95. The van der Waals surface area contributed by atoms with Crippen LogP contribution in [0.25, 0.3) is 0 Å². The zero-order chi connectivity index (χ0) is 19.8. The Morgan fingerprint density at radius 3 is 2.26 bits per heavy atom. The Balaban J connectivity index is 1.86. The fraction of sp³-hybridized carbons (Fsp3) is 0.611. The van der Waals surface area contributed by atoms with E-state index in [1.54, 1.807) is 24.3 Å². The Labute approximate surface area is 160 Å². The maximum Gasteiger partial charge on any atom is 0.220 e. The van der Waals surface area contributed by atoms with Gasteiger partial charge in [0, 0.05) is 12.0 Å². The Bertz CT molecular complexity index is 902. The molecule has 150 valence electrons. The molecule has 2 atom stereocenters. The standard InChI is InChI=1S/C18H26N2O5S2/c1-2-13-3-5-15(6-4-13)27(24,25)17-12-26(22,23)11-16(17)20-9-7-14(8-10-20)18(19)21/h3-6,14,16-17H,2,7-12H2,1H3,(H2,19,21)/t16-,17-/m1/s1. The predicted octanol–water partition coefficient (Wildman–Crippen LogP) is 0.386. The first-order chi connectivity index (χ1) is 12.6. The fourth-order valence-electron chi connectivity index (χ4n) is 4.04. The number of primary amides is 1. The maximum absolute atomic E-state index is 13.2. The Hall–Kier alpha value is -1.45. The molecule has 0 aliphatic carbocycles. The number of sulfone groups is 2. The highest BCUT2D eigenvalue weighted by molar-refractivity contribution is 7.96. The summed E-state index contributed by atoms with van der Waals surface area (Å²) in [6.07, 6.45) is 1.86. The molecule has 2 heterocycles. The first-order valence-electron chi connectivity index (χ1n) is 9.20. The van der Waals surface area contributed by atoms with Gasteiger partial charge in [-0.05, 0) is 50.0 Å². The maximum atomic E-state index is 13.2. The third-order valence-electron chi connectivity index (χ3n) is 5.73. The van der Waals surface area contributed by atoms with E-state index in [0.29, 0.717) is 25.9 Å². The van der Waals surface area contributed by atoms with Crippen molar-refractivity contribution in [2.24, 2.45) is 11.7 Å². The number of nitrogens with zero attached hydrogens (tertiary/aromatic N) is 1. The van der Waals surface area contributed by atoms with Gasteiger partial charge in [-0.1, -0.05) is 19.1 Å².